The van der Waals surface area contributed by atoms with Crippen molar-refractivity contribution in [3.63, 3.8) is 0 Å². The Labute approximate surface area is 115 Å². The first-order valence-corrected chi connectivity index (χ1v) is 5.98. The van der Waals surface area contributed by atoms with Crippen LogP contribution in [0.5, 0.6) is 0 Å². The molecule has 2 N–H and O–H groups in total. The van der Waals surface area contributed by atoms with E-state index in [9.17, 15) is 14.9 Å². The highest BCUT2D eigenvalue weighted by Crippen LogP contribution is 2.18. The number of nitro groups is 1. The van der Waals surface area contributed by atoms with Gasteiger partial charge >= 0.3 is 11.7 Å². The van der Waals surface area contributed by atoms with Gasteiger partial charge in [0.1, 0.15) is 11.9 Å². The molecule has 8 nitrogen and oxygen atoms in total. The van der Waals surface area contributed by atoms with Crippen molar-refractivity contribution in [3.05, 3.63) is 27.9 Å². The Kier molecular flexibility index (Phi) is 5.41. The molecule has 1 heterocycles. The summed E-state index contributed by atoms with van der Waals surface area (Å²) in [6.07, 6.45) is 1.13. The minimum atomic E-state index is -0.842. The van der Waals surface area contributed by atoms with E-state index in [0.29, 0.717) is 25.2 Å². The van der Waals surface area contributed by atoms with Crippen molar-refractivity contribution in [2.75, 3.05) is 11.9 Å². The van der Waals surface area contributed by atoms with Crippen molar-refractivity contribution in [2.45, 2.75) is 19.8 Å². The van der Waals surface area contributed by atoms with Crippen molar-refractivity contribution in [1.82, 2.24) is 4.98 Å². The standard InChI is InChI=1S/C12H14N4O4/c1-8(12(17)18)3-2-6-14-11-5-4-10(16(19)20)9(7-13)15-11/h4-5,8H,2-3,6H2,1H3,(H,14,15)(H,17,18). The first-order chi connectivity index (χ1) is 9.45. The highest BCUT2D eigenvalue weighted by molar-refractivity contribution is 5.69. The third kappa shape index (κ3) is 4.20. The van der Waals surface area contributed by atoms with Gasteiger partial charge in [-0.05, 0) is 18.9 Å². The Balaban J connectivity index is 2.56. The molecule has 106 valence electrons. The molecule has 20 heavy (non-hydrogen) atoms. The van der Waals surface area contributed by atoms with Gasteiger partial charge in [-0.1, -0.05) is 6.92 Å². The van der Waals surface area contributed by atoms with Crippen LogP contribution in [0, 0.1) is 27.4 Å². The highest BCUT2D eigenvalue weighted by Gasteiger charge is 2.15. The number of pyridine rings is 1. The van der Waals surface area contributed by atoms with Gasteiger partial charge in [0.05, 0.1) is 10.8 Å². The first kappa shape index (κ1) is 15.4. The molecule has 0 aliphatic rings. The van der Waals surface area contributed by atoms with Crippen LogP contribution in [0.15, 0.2) is 12.1 Å². The molecule has 0 spiro atoms. The quantitative estimate of drug-likeness (QED) is 0.441. The third-order valence-electron chi connectivity index (χ3n) is 2.72. The Morgan fingerprint density at radius 3 is 2.90 bits per heavy atom. The van der Waals surface area contributed by atoms with Crippen LogP contribution in [0.2, 0.25) is 0 Å². The zero-order chi connectivity index (χ0) is 15.1. The van der Waals surface area contributed by atoms with Gasteiger partial charge in [0.2, 0.25) is 5.69 Å². The molecule has 0 amide bonds. The Morgan fingerprint density at radius 2 is 2.35 bits per heavy atom. The van der Waals surface area contributed by atoms with Crippen molar-refractivity contribution in [3.8, 4) is 6.07 Å². The predicted molar refractivity (Wildman–Crippen MR) is 70.1 cm³/mol. The summed E-state index contributed by atoms with van der Waals surface area (Å²) in [5, 5.41) is 31.0. The zero-order valence-electron chi connectivity index (χ0n) is 10.9. The van der Waals surface area contributed by atoms with Crippen LogP contribution in [0.3, 0.4) is 0 Å². The zero-order valence-corrected chi connectivity index (χ0v) is 10.9. The van der Waals surface area contributed by atoms with Crippen molar-refractivity contribution >= 4 is 17.5 Å². The van der Waals surface area contributed by atoms with E-state index in [-0.39, 0.29) is 11.4 Å². The van der Waals surface area contributed by atoms with Gasteiger partial charge in [0.15, 0.2) is 0 Å². The third-order valence-corrected chi connectivity index (χ3v) is 2.72. The SMILES string of the molecule is CC(CCCNc1ccc([N+](=O)[O-])c(C#N)n1)C(=O)O. The van der Waals surface area contributed by atoms with Crippen LogP contribution in [0.4, 0.5) is 11.5 Å². The van der Waals surface area contributed by atoms with Crippen LogP contribution in [0.25, 0.3) is 0 Å². The Morgan fingerprint density at radius 1 is 1.65 bits per heavy atom. The lowest BCUT2D eigenvalue weighted by molar-refractivity contribution is -0.385. The van der Waals surface area contributed by atoms with Gasteiger partial charge < -0.3 is 10.4 Å². The van der Waals surface area contributed by atoms with Crippen LogP contribution < -0.4 is 5.32 Å². The molecule has 8 heteroatoms. The van der Waals surface area contributed by atoms with Gasteiger partial charge in [-0.25, -0.2) is 4.98 Å². The summed E-state index contributed by atoms with van der Waals surface area (Å²) < 4.78 is 0. The lowest BCUT2D eigenvalue weighted by Gasteiger charge is -2.08. The van der Waals surface area contributed by atoms with Crippen molar-refractivity contribution in [1.29, 1.82) is 5.26 Å². The topological polar surface area (TPSA) is 129 Å². The van der Waals surface area contributed by atoms with Gasteiger partial charge in [-0.3, -0.25) is 14.9 Å². The van der Waals surface area contributed by atoms with E-state index >= 15 is 0 Å². The van der Waals surface area contributed by atoms with Gasteiger partial charge in [-0.2, -0.15) is 5.26 Å². The molecule has 0 aromatic carbocycles. The number of aliphatic carboxylic acids is 1. The second-order valence-corrected chi connectivity index (χ2v) is 4.24. The van der Waals surface area contributed by atoms with Crippen LogP contribution in [-0.4, -0.2) is 27.5 Å². The lowest BCUT2D eigenvalue weighted by Crippen LogP contribution is -2.12. The molecular formula is C12H14N4O4. The van der Waals surface area contributed by atoms with E-state index in [0.717, 1.165) is 0 Å². The van der Waals surface area contributed by atoms with Crippen molar-refractivity contribution in [2.24, 2.45) is 5.92 Å². The maximum absolute atomic E-state index is 10.6. The van der Waals surface area contributed by atoms with Crippen molar-refractivity contribution < 1.29 is 14.8 Å². The predicted octanol–water partition coefficient (Wildman–Crippen LogP) is 1.77. The number of rotatable bonds is 7. The number of carboxylic acid groups (broad SMARTS) is 1. The molecule has 0 fully saturated rings. The second-order valence-electron chi connectivity index (χ2n) is 4.24. The number of nitrogens with one attached hydrogen (secondary N) is 1. The average Bonchev–Trinajstić information content (AvgIpc) is 2.42. The molecule has 0 bridgehead atoms. The summed E-state index contributed by atoms with van der Waals surface area (Å²) in [4.78, 5) is 24.4. The Bertz CT molecular complexity index is 553. The maximum atomic E-state index is 10.6. The number of anilines is 1. The van der Waals surface area contributed by atoms with E-state index in [1.54, 1.807) is 13.0 Å². The van der Waals surface area contributed by atoms with Crippen LogP contribution in [0.1, 0.15) is 25.5 Å². The van der Waals surface area contributed by atoms with E-state index in [4.69, 9.17) is 10.4 Å². The smallest absolute Gasteiger partial charge is 0.306 e. The van der Waals surface area contributed by atoms with E-state index in [1.807, 2.05) is 0 Å². The summed E-state index contributed by atoms with van der Waals surface area (Å²) in [5.41, 5.74) is -0.587. The van der Waals surface area contributed by atoms with E-state index in [1.165, 1.54) is 12.1 Å². The van der Waals surface area contributed by atoms with Crippen LogP contribution in [-0.2, 0) is 4.79 Å². The van der Waals surface area contributed by atoms with E-state index < -0.39 is 16.8 Å². The summed E-state index contributed by atoms with van der Waals surface area (Å²) in [6, 6.07) is 4.30. The molecule has 0 radical (unpaired) electrons. The lowest BCUT2D eigenvalue weighted by atomic mass is 10.1. The molecule has 0 aliphatic heterocycles. The first-order valence-electron chi connectivity index (χ1n) is 5.98. The molecule has 0 aliphatic carbocycles. The molecule has 1 rings (SSSR count). The fraction of sp³-hybridized carbons (Fsp3) is 0.417. The molecule has 0 saturated carbocycles. The molecule has 1 atom stereocenters. The normalized spacial score (nSPS) is 11.4. The summed E-state index contributed by atoms with van der Waals surface area (Å²) >= 11 is 0. The number of carboxylic acids is 1. The van der Waals surface area contributed by atoms with Gasteiger partial charge in [-0.15, -0.1) is 0 Å². The van der Waals surface area contributed by atoms with Gasteiger partial charge in [0, 0.05) is 12.6 Å². The fourth-order valence-corrected chi connectivity index (χ4v) is 1.53. The van der Waals surface area contributed by atoms with Crippen LogP contribution >= 0.6 is 0 Å². The van der Waals surface area contributed by atoms with Gasteiger partial charge in [0.25, 0.3) is 0 Å². The number of carbonyl (C=O) groups is 1. The highest BCUT2D eigenvalue weighted by atomic mass is 16.6. The number of hydrogen-bond donors (Lipinski definition) is 2. The minimum absolute atomic E-state index is 0.251. The minimum Gasteiger partial charge on any atom is -0.481 e. The molecule has 1 aromatic rings. The van der Waals surface area contributed by atoms with E-state index in [2.05, 4.69) is 10.3 Å². The number of aromatic nitrogens is 1. The molecule has 1 aromatic heterocycles. The second kappa shape index (κ2) is 7.04. The summed E-state index contributed by atoms with van der Waals surface area (Å²) in [5.74, 6) is -0.906. The Hall–Kier alpha value is -2.69. The summed E-state index contributed by atoms with van der Waals surface area (Å²) in [6.45, 7) is 2.10. The maximum Gasteiger partial charge on any atom is 0.306 e. The molecule has 0 saturated heterocycles. The number of nitriles is 1. The fourth-order valence-electron chi connectivity index (χ4n) is 1.53. The molecular weight excluding hydrogens is 264 g/mol. The molecule has 1 unspecified atom stereocenters. The average molecular weight is 278 g/mol. The summed E-state index contributed by atoms with van der Waals surface area (Å²) in [7, 11) is 0. The number of hydrogen-bond acceptors (Lipinski definition) is 6. The number of nitrogens with zero attached hydrogens (tertiary/aromatic N) is 3. The largest absolute Gasteiger partial charge is 0.481 e. The monoisotopic (exact) mass is 278 g/mol.